The van der Waals surface area contributed by atoms with E-state index in [4.69, 9.17) is 9.47 Å². The molecule has 2 amide bonds. The molecule has 1 aromatic rings. The highest BCUT2D eigenvalue weighted by molar-refractivity contribution is 5.80. The Hall–Kier alpha value is -2.08. The number of rotatable bonds is 10. The van der Waals surface area contributed by atoms with Crippen LogP contribution in [-0.2, 0) is 20.9 Å². The summed E-state index contributed by atoms with van der Waals surface area (Å²) in [6.07, 6.45) is -0.281. The number of hydrogen-bond donors (Lipinski definition) is 2. The number of carbonyl (C=O) groups is 2. The van der Waals surface area contributed by atoms with Crippen molar-refractivity contribution in [2.24, 2.45) is 5.92 Å². The molecule has 2 atom stereocenters. The minimum atomic E-state index is -0.567. The fraction of sp³-hybridized carbons (Fsp3) is 0.579. The number of alkyl carbamates (subject to hydrolysis) is 1. The van der Waals surface area contributed by atoms with E-state index in [9.17, 15) is 9.59 Å². The van der Waals surface area contributed by atoms with Gasteiger partial charge in [0.1, 0.15) is 6.10 Å². The largest absolute Gasteiger partial charge is 0.450 e. The molecule has 0 aliphatic rings. The van der Waals surface area contributed by atoms with E-state index in [-0.39, 0.29) is 11.9 Å². The van der Waals surface area contributed by atoms with Crippen molar-refractivity contribution in [3.05, 3.63) is 35.9 Å². The Morgan fingerprint density at radius 2 is 1.80 bits per heavy atom. The predicted molar refractivity (Wildman–Crippen MR) is 97.1 cm³/mol. The van der Waals surface area contributed by atoms with Crippen LogP contribution < -0.4 is 10.6 Å². The van der Waals surface area contributed by atoms with Gasteiger partial charge < -0.3 is 20.1 Å². The third kappa shape index (κ3) is 9.10. The van der Waals surface area contributed by atoms with E-state index >= 15 is 0 Å². The van der Waals surface area contributed by atoms with Crippen molar-refractivity contribution in [2.45, 2.75) is 52.9 Å². The molecule has 0 radical (unpaired) electrons. The fourth-order valence-electron chi connectivity index (χ4n) is 2.34. The van der Waals surface area contributed by atoms with Gasteiger partial charge in [-0.05, 0) is 31.7 Å². The highest BCUT2D eigenvalue weighted by Crippen LogP contribution is 2.06. The number of carbonyl (C=O) groups excluding carboxylic acids is 2. The Kier molecular flexibility index (Phi) is 9.62. The van der Waals surface area contributed by atoms with E-state index < -0.39 is 12.2 Å². The molecule has 25 heavy (non-hydrogen) atoms. The van der Waals surface area contributed by atoms with Crippen LogP contribution in [0.2, 0.25) is 0 Å². The maximum atomic E-state index is 12.2. The SMILES string of the molecule is CCOC(=O)NC(CNC(=O)C(C)OCc1ccccc1)CC(C)C. The maximum absolute atomic E-state index is 12.2. The summed E-state index contributed by atoms with van der Waals surface area (Å²) in [4.78, 5) is 23.8. The maximum Gasteiger partial charge on any atom is 0.407 e. The van der Waals surface area contributed by atoms with Crippen LogP contribution in [0.4, 0.5) is 4.79 Å². The first-order chi connectivity index (χ1) is 11.9. The summed E-state index contributed by atoms with van der Waals surface area (Å²) in [6, 6.07) is 9.52. The van der Waals surface area contributed by atoms with Crippen molar-refractivity contribution in [1.29, 1.82) is 0 Å². The molecule has 0 saturated carbocycles. The normalized spacial score (nSPS) is 13.2. The summed E-state index contributed by atoms with van der Waals surface area (Å²) >= 11 is 0. The van der Waals surface area contributed by atoms with Crippen molar-refractivity contribution in [2.75, 3.05) is 13.2 Å². The van der Waals surface area contributed by atoms with E-state index in [1.54, 1.807) is 13.8 Å². The molecule has 6 heteroatoms. The first kappa shape index (κ1) is 21.0. The fourth-order valence-corrected chi connectivity index (χ4v) is 2.34. The van der Waals surface area contributed by atoms with Crippen LogP contribution in [0.5, 0.6) is 0 Å². The van der Waals surface area contributed by atoms with Crippen LogP contribution in [0.3, 0.4) is 0 Å². The molecule has 0 bridgehead atoms. The monoisotopic (exact) mass is 350 g/mol. The summed E-state index contributed by atoms with van der Waals surface area (Å²) in [6.45, 7) is 8.64. The van der Waals surface area contributed by atoms with Gasteiger partial charge in [0.2, 0.25) is 5.91 Å². The van der Waals surface area contributed by atoms with Gasteiger partial charge in [-0.2, -0.15) is 0 Å². The van der Waals surface area contributed by atoms with E-state index in [1.807, 2.05) is 30.3 Å². The van der Waals surface area contributed by atoms with E-state index in [2.05, 4.69) is 24.5 Å². The zero-order valence-corrected chi connectivity index (χ0v) is 15.6. The van der Waals surface area contributed by atoms with Crippen molar-refractivity contribution in [3.8, 4) is 0 Å². The second kappa shape index (κ2) is 11.5. The summed E-state index contributed by atoms with van der Waals surface area (Å²) in [5.41, 5.74) is 1.02. The summed E-state index contributed by atoms with van der Waals surface area (Å²) in [5.74, 6) is 0.186. The van der Waals surface area contributed by atoms with Gasteiger partial charge >= 0.3 is 6.09 Å². The average Bonchev–Trinajstić information content (AvgIpc) is 2.57. The lowest BCUT2D eigenvalue weighted by Gasteiger charge is -2.22. The van der Waals surface area contributed by atoms with Crippen molar-refractivity contribution in [1.82, 2.24) is 10.6 Å². The molecule has 0 aliphatic carbocycles. The van der Waals surface area contributed by atoms with Gasteiger partial charge in [-0.25, -0.2) is 4.79 Å². The molecule has 0 aromatic heterocycles. The highest BCUT2D eigenvalue weighted by Gasteiger charge is 2.18. The number of ether oxygens (including phenoxy) is 2. The standard InChI is InChI=1S/C19H30N2O4/c1-5-24-19(23)21-17(11-14(2)3)12-20-18(22)15(4)25-13-16-9-7-6-8-10-16/h6-10,14-15,17H,5,11-13H2,1-4H3,(H,20,22)(H,21,23). The molecule has 1 aromatic carbocycles. The Morgan fingerprint density at radius 1 is 1.12 bits per heavy atom. The molecule has 1 rings (SSSR count). The van der Waals surface area contributed by atoms with Crippen molar-refractivity contribution < 1.29 is 19.1 Å². The van der Waals surface area contributed by atoms with E-state index in [0.717, 1.165) is 12.0 Å². The Balaban J connectivity index is 2.42. The highest BCUT2D eigenvalue weighted by atomic mass is 16.5. The van der Waals surface area contributed by atoms with Crippen LogP contribution in [0, 0.1) is 5.92 Å². The predicted octanol–water partition coefficient (Wildman–Crippen LogP) is 2.87. The van der Waals surface area contributed by atoms with Gasteiger partial charge in [0.05, 0.1) is 13.2 Å². The lowest BCUT2D eigenvalue weighted by Crippen LogP contribution is -2.46. The number of amides is 2. The number of hydrogen-bond acceptors (Lipinski definition) is 4. The third-order valence-corrected chi connectivity index (χ3v) is 3.59. The molecule has 2 unspecified atom stereocenters. The van der Waals surface area contributed by atoms with Crippen molar-refractivity contribution in [3.63, 3.8) is 0 Å². The van der Waals surface area contributed by atoms with Crippen molar-refractivity contribution >= 4 is 12.0 Å². The minimum Gasteiger partial charge on any atom is -0.450 e. The molecule has 0 aliphatic heterocycles. The van der Waals surface area contributed by atoms with E-state index in [1.165, 1.54) is 0 Å². The molecule has 140 valence electrons. The summed E-state index contributed by atoms with van der Waals surface area (Å²) in [7, 11) is 0. The van der Waals surface area contributed by atoms with Crippen LogP contribution in [-0.4, -0.2) is 37.3 Å². The van der Waals surface area contributed by atoms with Gasteiger partial charge in [0.25, 0.3) is 0 Å². The lowest BCUT2D eigenvalue weighted by molar-refractivity contribution is -0.132. The van der Waals surface area contributed by atoms with E-state index in [0.29, 0.717) is 25.7 Å². The Morgan fingerprint density at radius 3 is 2.40 bits per heavy atom. The van der Waals surface area contributed by atoms with Crippen LogP contribution in [0.1, 0.15) is 39.7 Å². The van der Waals surface area contributed by atoms with Crippen LogP contribution in [0.15, 0.2) is 30.3 Å². The second-order valence-corrected chi connectivity index (χ2v) is 6.38. The number of nitrogens with one attached hydrogen (secondary N) is 2. The smallest absolute Gasteiger partial charge is 0.407 e. The summed E-state index contributed by atoms with van der Waals surface area (Å²) < 4.78 is 10.5. The quantitative estimate of drug-likeness (QED) is 0.680. The zero-order valence-electron chi connectivity index (χ0n) is 15.6. The lowest BCUT2D eigenvalue weighted by atomic mass is 10.0. The van der Waals surface area contributed by atoms with Gasteiger partial charge in [0, 0.05) is 12.6 Å². The third-order valence-electron chi connectivity index (χ3n) is 3.59. The Labute approximate surface area is 150 Å². The topological polar surface area (TPSA) is 76.7 Å². The molecule has 2 N–H and O–H groups in total. The molecule has 0 spiro atoms. The molecule has 6 nitrogen and oxygen atoms in total. The average molecular weight is 350 g/mol. The first-order valence-corrected chi connectivity index (χ1v) is 8.78. The molecular weight excluding hydrogens is 320 g/mol. The molecule has 0 heterocycles. The van der Waals surface area contributed by atoms with Crippen LogP contribution >= 0.6 is 0 Å². The zero-order chi connectivity index (χ0) is 18.7. The number of benzene rings is 1. The van der Waals surface area contributed by atoms with Gasteiger partial charge in [0.15, 0.2) is 0 Å². The van der Waals surface area contributed by atoms with Gasteiger partial charge in [-0.1, -0.05) is 44.2 Å². The van der Waals surface area contributed by atoms with Gasteiger partial charge in [-0.3, -0.25) is 4.79 Å². The second-order valence-electron chi connectivity index (χ2n) is 6.38. The molecular formula is C19H30N2O4. The molecule has 0 saturated heterocycles. The minimum absolute atomic E-state index is 0.177. The van der Waals surface area contributed by atoms with Crippen LogP contribution in [0.25, 0.3) is 0 Å². The first-order valence-electron chi connectivity index (χ1n) is 8.78. The summed E-state index contributed by atoms with van der Waals surface area (Å²) in [5, 5.41) is 5.62. The van der Waals surface area contributed by atoms with Gasteiger partial charge in [-0.15, -0.1) is 0 Å². The molecule has 0 fully saturated rings. The Bertz CT molecular complexity index is 519.